The second-order valence-electron chi connectivity index (χ2n) is 2.62. The molecule has 0 atom stereocenters. The minimum Gasteiger partial charge on any atom is -0.495 e. The quantitative estimate of drug-likeness (QED) is 0.538. The van der Waals surface area contributed by atoms with Crippen molar-refractivity contribution < 1.29 is 4.74 Å². The Kier molecular flexibility index (Phi) is 1.99. The maximum absolute atomic E-state index is 5.70. The Hall–Kier alpha value is -1.58. The van der Waals surface area contributed by atoms with Crippen molar-refractivity contribution in [3.05, 3.63) is 11.6 Å². The summed E-state index contributed by atoms with van der Waals surface area (Å²) in [6, 6.07) is 1.62. The Labute approximate surface area is 71.3 Å². The first-order valence-corrected chi connectivity index (χ1v) is 3.56. The summed E-state index contributed by atoms with van der Waals surface area (Å²) >= 11 is 0. The highest BCUT2D eigenvalue weighted by Gasteiger charge is 2.08. The van der Waals surface area contributed by atoms with Crippen LogP contribution in [0.15, 0.2) is 6.07 Å². The van der Waals surface area contributed by atoms with Gasteiger partial charge in [0.1, 0.15) is 5.75 Å². The normalized spacial score (nSPS) is 9.83. The summed E-state index contributed by atoms with van der Waals surface area (Å²) in [4.78, 5) is 0. The molecule has 0 unspecified atom stereocenters. The molecule has 1 rings (SSSR count). The third kappa shape index (κ3) is 1.11. The zero-order valence-electron chi connectivity index (χ0n) is 7.22. The van der Waals surface area contributed by atoms with E-state index in [2.05, 4.69) is 0 Å². The predicted octanol–water partition coefficient (Wildman–Crippen LogP) is 0.750. The monoisotopic (exact) mass is 167 g/mol. The van der Waals surface area contributed by atoms with Gasteiger partial charge in [-0.15, -0.1) is 0 Å². The number of nitrogens with two attached hydrogens (primary N) is 3. The molecule has 1 aromatic carbocycles. The number of benzene rings is 1. The first-order valence-electron chi connectivity index (χ1n) is 3.56. The third-order valence-corrected chi connectivity index (χ3v) is 1.89. The van der Waals surface area contributed by atoms with Gasteiger partial charge in [-0.2, -0.15) is 0 Å². The third-order valence-electron chi connectivity index (χ3n) is 1.89. The lowest BCUT2D eigenvalue weighted by Gasteiger charge is -2.11. The Bertz CT molecular complexity index is 310. The summed E-state index contributed by atoms with van der Waals surface area (Å²) in [7, 11) is 1.54. The molecule has 0 aliphatic rings. The van der Waals surface area contributed by atoms with E-state index in [9.17, 15) is 0 Å². The molecule has 66 valence electrons. The average molecular weight is 167 g/mol. The highest BCUT2D eigenvalue weighted by Crippen LogP contribution is 2.33. The van der Waals surface area contributed by atoms with Crippen molar-refractivity contribution in [2.45, 2.75) is 6.92 Å². The van der Waals surface area contributed by atoms with E-state index in [-0.39, 0.29) is 0 Å². The fourth-order valence-electron chi connectivity index (χ4n) is 1.01. The van der Waals surface area contributed by atoms with E-state index in [1.165, 1.54) is 0 Å². The van der Waals surface area contributed by atoms with Gasteiger partial charge in [0, 0.05) is 11.6 Å². The van der Waals surface area contributed by atoms with Crippen LogP contribution in [0.3, 0.4) is 0 Å². The molecule has 0 spiro atoms. The lowest BCUT2D eigenvalue weighted by atomic mass is 10.1. The molecule has 0 aliphatic carbocycles. The number of hydrogen-bond acceptors (Lipinski definition) is 4. The first kappa shape index (κ1) is 8.52. The van der Waals surface area contributed by atoms with Crippen LogP contribution in [0.4, 0.5) is 17.1 Å². The van der Waals surface area contributed by atoms with Gasteiger partial charge < -0.3 is 21.9 Å². The van der Waals surface area contributed by atoms with Crippen LogP contribution in [0.25, 0.3) is 0 Å². The van der Waals surface area contributed by atoms with Gasteiger partial charge in [-0.1, -0.05) is 0 Å². The van der Waals surface area contributed by atoms with Crippen LogP contribution < -0.4 is 21.9 Å². The molecule has 0 fully saturated rings. The fourth-order valence-corrected chi connectivity index (χ4v) is 1.01. The molecule has 12 heavy (non-hydrogen) atoms. The van der Waals surface area contributed by atoms with Crippen molar-refractivity contribution >= 4 is 17.1 Å². The molecule has 6 N–H and O–H groups in total. The van der Waals surface area contributed by atoms with E-state index in [4.69, 9.17) is 21.9 Å². The van der Waals surface area contributed by atoms with Crippen LogP contribution in [0.1, 0.15) is 5.56 Å². The molecular formula is C8H13N3O. The van der Waals surface area contributed by atoms with Crippen molar-refractivity contribution in [3.8, 4) is 5.75 Å². The summed E-state index contributed by atoms with van der Waals surface area (Å²) < 4.78 is 5.00. The first-order chi connectivity index (χ1) is 5.57. The van der Waals surface area contributed by atoms with Crippen molar-refractivity contribution in [2.75, 3.05) is 24.3 Å². The van der Waals surface area contributed by atoms with Crippen molar-refractivity contribution in [1.82, 2.24) is 0 Å². The summed E-state index contributed by atoms with van der Waals surface area (Å²) in [5.74, 6) is 0.569. The predicted molar refractivity (Wildman–Crippen MR) is 51.0 cm³/mol. The van der Waals surface area contributed by atoms with Gasteiger partial charge in [0.2, 0.25) is 0 Å². The van der Waals surface area contributed by atoms with E-state index in [1.807, 2.05) is 6.92 Å². The van der Waals surface area contributed by atoms with E-state index >= 15 is 0 Å². The molecule has 4 heteroatoms. The molecule has 0 radical (unpaired) electrons. The molecular weight excluding hydrogens is 154 g/mol. The molecule has 0 bridgehead atoms. The standard InChI is InChI=1S/C8H13N3O/c1-4-7(10)5(9)3-6(12-2)8(4)11/h3H,9-11H2,1-2H3. The summed E-state index contributed by atoms with van der Waals surface area (Å²) in [6.07, 6.45) is 0. The second-order valence-corrected chi connectivity index (χ2v) is 2.62. The Morgan fingerprint density at radius 3 is 2.25 bits per heavy atom. The van der Waals surface area contributed by atoms with Crippen LogP contribution in [0.2, 0.25) is 0 Å². The molecule has 0 saturated heterocycles. The Morgan fingerprint density at radius 1 is 1.17 bits per heavy atom. The average Bonchev–Trinajstić information content (AvgIpc) is 2.08. The van der Waals surface area contributed by atoms with Crippen LogP contribution in [0.5, 0.6) is 5.75 Å². The minimum atomic E-state index is 0.499. The number of methoxy groups -OCH3 is 1. The van der Waals surface area contributed by atoms with E-state index < -0.39 is 0 Å². The Balaban J connectivity index is 3.39. The van der Waals surface area contributed by atoms with Gasteiger partial charge in [0.05, 0.1) is 24.2 Å². The lowest BCUT2D eigenvalue weighted by molar-refractivity contribution is 0.417. The fraction of sp³-hybridized carbons (Fsp3) is 0.250. The van der Waals surface area contributed by atoms with E-state index in [0.29, 0.717) is 22.8 Å². The van der Waals surface area contributed by atoms with Crippen LogP contribution >= 0.6 is 0 Å². The molecule has 4 nitrogen and oxygen atoms in total. The van der Waals surface area contributed by atoms with Gasteiger partial charge >= 0.3 is 0 Å². The van der Waals surface area contributed by atoms with Gasteiger partial charge in [-0.3, -0.25) is 0 Å². The van der Waals surface area contributed by atoms with Crippen LogP contribution in [-0.4, -0.2) is 7.11 Å². The number of nitrogen functional groups attached to an aromatic ring is 3. The van der Waals surface area contributed by atoms with Crippen molar-refractivity contribution in [3.63, 3.8) is 0 Å². The zero-order valence-corrected chi connectivity index (χ0v) is 7.22. The molecule has 0 aromatic heterocycles. The molecule has 0 heterocycles. The highest BCUT2D eigenvalue weighted by molar-refractivity contribution is 5.78. The van der Waals surface area contributed by atoms with Crippen LogP contribution in [-0.2, 0) is 0 Å². The summed E-state index contributed by atoms with van der Waals surface area (Å²) in [6.45, 7) is 1.81. The largest absolute Gasteiger partial charge is 0.495 e. The number of rotatable bonds is 1. The zero-order chi connectivity index (χ0) is 9.30. The van der Waals surface area contributed by atoms with Gasteiger partial charge in [-0.05, 0) is 6.92 Å². The maximum Gasteiger partial charge on any atom is 0.144 e. The topological polar surface area (TPSA) is 87.3 Å². The van der Waals surface area contributed by atoms with Gasteiger partial charge in [0.25, 0.3) is 0 Å². The summed E-state index contributed by atoms with van der Waals surface area (Å²) in [5.41, 5.74) is 19.3. The van der Waals surface area contributed by atoms with Gasteiger partial charge in [-0.25, -0.2) is 0 Å². The maximum atomic E-state index is 5.70. The molecule has 1 aromatic rings. The van der Waals surface area contributed by atoms with Crippen molar-refractivity contribution in [2.24, 2.45) is 0 Å². The summed E-state index contributed by atoms with van der Waals surface area (Å²) in [5, 5.41) is 0. The molecule has 0 saturated carbocycles. The van der Waals surface area contributed by atoms with Crippen LogP contribution in [0, 0.1) is 6.92 Å². The second kappa shape index (κ2) is 2.81. The van der Waals surface area contributed by atoms with Gasteiger partial charge in [0.15, 0.2) is 0 Å². The smallest absolute Gasteiger partial charge is 0.144 e. The highest BCUT2D eigenvalue weighted by atomic mass is 16.5. The van der Waals surface area contributed by atoms with E-state index in [1.54, 1.807) is 13.2 Å². The number of anilines is 3. The number of hydrogen-bond donors (Lipinski definition) is 3. The van der Waals surface area contributed by atoms with Crippen molar-refractivity contribution in [1.29, 1.82) is 0 Å². The number of ether oxygens (including phenoxy) is 1. The molecule has 0 aliphatic heterocycles. The molecule has 0 amide bonds. The van der Waals surface area contributed by atoms with E-state index in [0.717, 1.165) is 5.56 Å². The Morgan fingerprint density at radius 2 is 1.75 bits per heavy atom. The minimum absolute atomic E-state index is 0.499. The lowest BCUT2D eigenvalue weighted by Crippen LogP contribution is -2.03. The SMILES string of the molecule is COc1cc(N)c(N)c(C)c1N.